The second-order valence-electron chi connectivity index (χ2n) is 10.8. The van der Waals surface area contributed by atoms with E-state index in [9.17, 15) is 23.9 Å². The van der Waals surface area contributed by atoms with Gasteiger partial charge in [-0.3, -0.25) is 32.5 Å². The van der Waals surface area contributed by atoms with Crippen molar-refractivity contribution >= 4 is 49.5 Å². The van der Waals surface area contributed by atoms with Gasteiger partial charge < -0.3 is 40.0 Å². The predicted octanol–water partition coefficient (Wildman–Crippen LogP) is -0.554. The zero-order chi connectivity index (χ0) is 32.5. The number of nitrogen functional groups attached to an aromatic ring is 2. The average molecular weight is 682 g/mol. The number of H-pyrrole nitrogens is 1. The van der Waals surface area contributed by atoms with Crippen molar-refractivity contribution in [3.63, 3.8) is 0 Å². The lowest BCUT2D eigenvalue weighted by Gasteiger charge is -2.26. The van der Waals surface area contributed by atoms with Crippen LogP contribution in [0.25, 0.3) is 22.3 Å². The van der Waals surface area contributed by atoms with Crippen LogP contribution in [-0.4, -0.2) is 106 Å². The summed E-state index contributed by atoms with van der Waals surface area (Å²) >= 11 is 0. The Morgan fingerprint density at radius 3 is 2.65 bits per heavy atom. The number of phosphoric acid groups is 1. The summed E-state index contributed by atoms with van der Waals surface area (Å²) < 4.78 is 64.0. The van der Waals surface area contributed by atoms with Crippen molar-refractivity contribution in [2.45, 2.75) is 49.4 Å². The van der Waals surface area contributed by atoms with Gasteiger partial charge in [-0.25, -0.2) is 24.5 Å². The van der Waals surface area contributed by atoms with Gasteiger partial charge in [-0.1, -0.05) is 6.58 Å². The second-order valence-corrected chi connectivity index (χ2v) is 14.2. The molecule has 4 aromatic rings. The summed E-state index contributed by atoms with van der Waals surface area (Å²) in [7, 11) is -8.90. The number of hydrogen-bond acceptors (Lipinski definition) is 17. The van der Waals surface area contributed by atoms with Gasteiger partial charge in [-0.15, -0.1) is 0 Å². The molecule has 0 aliphatic carbocycles. The highest BCUT2D eigenvalue weighted by Gasteiger charge is 2.51. The van der Waals surface area contributed by atoms with Gasteiger partial charge in [0.15, 0.2) is 28.9 Å². The van der Waals surface area contributed by atoms with Gasteiger partial charge in [0.05, 0.1) is 32.4 Å². The van der Waals surface area contributed by atoms with Crippen molar-refractivity contribution in [3.8, 4) is 0 Å². The number of rotatable bonds is 3. The number of aromatic nitrogens is 8. The van der Waals surface area contributed by atoms with Gasteiger partial charge >= 0.3 is 15.4 Å². The second kappa shape index (κ2) is 11.3. The molecule has 0 amide bonds. The minimum absolute atomic E-state index is 0.00410. The van der Waals surface area contributed by atoms with Gasteiger partial charge in [0.2, 0.25) is 5.95 Å². The number of nitrogens with zero attached hydrogens (tertiary/aromatic N) is 7. The van der Waals surface area contributed by atoms with Crippen molar-refractivity contribution in [2.24, 2.45) is 0 Å². The van der Waals surface area contributed by atoms with Crippen LogP contribution in [0.2, 0.25) is 0 Å². The number of aliphatic hydroxyl groups is 1. The number of fused-ring (bicyclic) bond motifs is 5. The van der Waals surface area contributed by atoms with Gasteiger partial charge in [-0.05, 0) is 5.57 Å². The van der Waals surface area contributed by atoms with Gasteiger partial charge in [0.25, 0.3) is 5.56 Å². The molecule has 23 heteroatoms. The van der Waals surface area contributed by atoms with Gasteiger partial charge in [-0.2, -0.15) is 4.98 Å². The number of aliphatic hydroxyl groups excluding tert-OH is 1. The summed E-state index contributed by atoms with van der Waals surface area (Å²) in [5.41, 5.74) is 11.7. The van der Waals surface area contributed by atoms with E-state index in [1.807, 2.05) is 0 Å². The summed E-state index contributed by atoms with van der Waals surface area (Å²) in [6.07, 6.45) is -4.71. The van der Waals surface area contributed by atoms with E-state index < -0.39 is 77.0 Å². The Bertz CT molecular complexity index is 2000. The molecule has 3 aliphatic rings. The van der Waals surface area contributed by atoms with Crippen LogP contribution in [0.3, 0.4) is 0 Å². The Morgan fingerprint density at radius 2 is 1.85 bits per heavy atom. The van der Waals surface area contributed by atoms with Crippen molar-refractivity contribution in [1.29, 1.82) is 0 Å². The smallest absolute Gasteiger partial charge is 0.387 e. The molecular weight excluding hydrogens is 654 g/mol. The third kappa shape index (κ3) is 5.53. The molecule has 3 aliphatic heterocycles. The fourth-order valence-corrected chi connectivity index (χ4v) is 7.64. The van der Waals surface area contributed by atoms with Gasteiger partial charge in [0.1, 0.15) is 48.5 Å². The molecule has 7 heterocycles. The molecule has 4 aromatic heterocycles. The molecule has 0 aromatic carbocycles. The molecule has 21 nitrogen and oxygen atoms in total. The van der Waals surface area contributed by atoms with Crippen LogP contribution in [0.4, 0.5) is 11.8 Å². The maximum Gasteiger partial charge on any atom is 0.473 e. The number of hydrogen-bond donors (Lipinski definition) is 5. The van der Waals surface area contributed by atoms with Crippen LogP contribution in [0.1, 0.15) is 6.23 Å². The predicted molar refractivity (Wildman–Crippen MR) is 155 cm³/mol. The lowest BCUT2D eigenvalue weighted by Crippen LogP contribution is -2.37. The SMILES string of the molecule is C=C1[C@H]2OP(=O)(O)OC[C@H]3OC(Cn4cnc5c(N)ncnc54)[C@H](O)[C@@H]3OP(C)(=O)OC[C@H]1O[C@H]2n1cnc2c(=O)[nH]c(N)nc21. The normalized spacial score (nSPS) is 35.5. The van der Waals surface area contributed by atoms with E-state index in [0.717, 1.165) is 0 Å². The van der Waals surface area contributed by atoms with E-state index in [-0.39, 0.29) is 35.0 Å². The molecule has 0 radical (unpaired) electrons. The molecule has 7 N–H and O–H groups in total. The highest BCUT2D eigenvalue weighted by atomic mass is 31.2. The third-order valence-corrected chi connectivity index (χ3v) is 9.94. The minimum Gasteiger partial charge on any atom is -0.387 e. The molecule has 3 unspecified atom stereocenters. The van der Waals surface area contributed by atoms with E-state index in [4.69, 9.17) is 39.0 Å². The number of anilines is 2. The Labute approximate surface area is 257 Å². The van der Waals surface area contributed by atoms with Crippen LogP contribution < -0.4 is 17.0 Å². The molecule has 0 spiro atoms. The first-order valence-electron chi connectivity index (χ1n) is 13.7. The summed E-state index contributed by atoms with van der Waals surface area (Å²) in [6, 6.07) is 0. The van der Waals surface area contributed by atoms with Gasteiger partial charge in [0, 0.05) is 6.66 Å². The van der Waals surface area contributed by atoms with Crippen LogP contribution in [0.15, 0.2) is 35.9 Å². The topological polar surface area (TPSA) is 289 Å². The quantitative estimate of drug-likeness (QED) is 0.134. The molecule has 2 bridgehead atoms. The zero-order valence-corrected chi connectivity index (χ0v) is 25.6. The van der Waals surface area contributed by atoms with Crippen molar-refractivity contribution < 1.29 is 46.7 Å². The number of nitrogens with one attached hydrogen (secondary N) is 1. The highest BCUT2D eigenvalue weighted by molar-refractivity contribution is 7.53. The first-order chi connectivity index (χ1) is 21.8. The Kier molecular flexibility index (Phi) is 7.59. The number of aromatic amines is 1. The average Bonchev–Trinajstić information content (AvgIpc) is 3.74. The molecule has 3 saturated heterocycles. The number of nitrogens with two attached hydrogens (primary N) is 2. The summed E-state index contributed by atoms with van der Waals surface area (Å²) in [4.78, 5) is 45.9. The molecular formula is C23H28N10O11P2. The number of imidazole rings is 2. The van der Waals surface area contributed by atoms with E-state index >= 15 is 0 Å². The fraction of sp³-hybridized carbons (Fsp3) is 0.478. The third-order valence-electron chi connectivity index (χ3n) is 7.73. The monoisotopic (exact) mass is 682 g/mol. The van der Waals surface area contributed by atoms with Crippen molar-refractivity contribution in [2.75, 3.05) is 31.3 Å². The van der Waals surface area contributed by atoms with Crippen LogP contribution in [0, 0.1) is 0 Å². The van der Waals surface area contributed by atoms with Crippen LogP contribution >= 0.6 is 15.4 Å². The highest BCUT2D eigenvalue weighted by Crippen LogP contribution is 2.54. The standard InChI is InChI=1S/C23H28N10O11P2/c1-9-11-4-39-45(2,36)43-17-12(41-10(15(17)34)3-32-7-28-13-18(24)26-6-27-19(13)32)5-40-46(37,38)44-16(9)22(42-11)33-8-29-14-20(33)30-23(25)31-21(14)35/h6-8,10-12,15-17,22,34H,1,3-5H2,2H3,(H,37,38)(H2,24,26,27)(H3,25,30,31,35)/t10?,11-,12-,15+,16-,17-,22-,45?/m1/s1. The summed E-state index contributed by atoms with van der Waals surface area (Å²) in [5, 5.41) is 11.2. The van der Waals surface area contributed by atoms with E-state index in [1.165, 1.54) is 30.2 Å². The fourth-order valence-electron chi connectivity index (χ4n) is 5.55. The van der Waals surface area contributed by atoms with Crippen LogP contribution in [-0.2, 0) is 43.2 Å². The first-order valence-corrected chi connectivity index (χ1v) is 17.2. The lowest BCUT2D eigenvalue weighted by atomic mass is 10.1. The maximum absolute atomic E-state index is 13.6. The Morgan fingerprint density at radius 1 is 1.07 bits per heavy atom. The summed E-state index contributed by atoms with van der Waals surface area (Å²) in [6.45, 7) is 4.08. The molecule has 3 fully saturated rings. The van der Waals surface area contributed by atoms with E-state index in [0.29, 0.717) is 11.2 Å². The summed E-state index contributed by atoms with van der Waals surface area (Å²) in [5.74, 6) is -0.0486. The first kappa shape index (κ1) is 31.0. The van der Waals surface area contributed by atoms with E-state index in [1.54, 1.807) is 4.57 Å². The number of ether oxygens (including phenoxy) is 2. The van der Waals surface area contributed by atoms with Crippen molar-refractivity contribution in [3.05, 3.63) is 41.5 Å². The number of phosphoric ester groups is 1. The zero-order valence-electron chi connectivity index (χ0n) is 23.9. The minimum atomic E-state index is -4.93. The molecule has 9 atom stereocenters. The molecule has 0 saturated carbocycles. The Hall–Kier alpha value is -3.62. The van der Waals surface area contributed by atoms with Crippen molar-refractivity contribution in [1.82, 2.24) is 39.0 Å². The maximum atomic E-state index is 13.6. The molecule has 7 rings (SSSR count). The lowest BCUT2D eigenvalue weighted by molar-refractivity contribution is -0.0590. The van der Waals surface area contributed by atoms with Crippen LogP contribution in [0.5, 0.6) is 0 Å². The van der Waals surface area contributed by atoms with E-state index in [2.05, 4.69) is 36.5 Å². The Balaban J connectivity index is 1.17. The molecule has 46 heavy (non-hydrogen) atoms. The molecule has 246 valence electrons. The largest absolute Gasteiger partial charge is 0.473 e.